The van der Waals surface area contributed by atoms with Crippen LogP contribution in [0.3, 0.4) is 0 Å². The molecule has 1 fully saturated rings. The molecule has 1 aliphatic rings. The van der Waals surface area contributed by atoms with Crippen molar-refractivity contribution in [1.29, 1.82) is 0 Å². The van der Waals surface area contributed by atoms with Crippen molar-refractivity contribution in [1.82, 2.24) is 29.5 Å². The maximum Gasteiger partial charge on any atom is 0.277 e. The summed E-state index contributed by atoms with van der Waals surface area (Å²) in [7, 11) is 1.73. The predicted molar refractivity (Wildman–Crippen MR) is 133 cm³/mol. The lowest BCUT2D eigenvalue weighted by Gasteiger charge is -2.31. The molecule has 0 radical (unpaired) electrons. The number of rotatable bonds is 9. The summed E-state index contributed by atoms with van der Waals surface area (Å²) < 4.78 is 30.2. The fraction of sp³-hybridized carbons (Fsp3) is 0.520. The number of carbonyl (C=O) groups is 1. The number of aromatic amines is 1. The molecule has 182 valence electrons. The normalized spacial score (nSPS) is 16.9. The lowest BCUT2D eigenvalue weighted by atomic mass is 10.0. The minimum atomic E-state index is -2.12. The van der Waals surface area contributed by atoms with Crippen LogP contribution in [0.4, 0.5) is 0 Å². The smallest absolute Gasteiger partial charge is 0.277 e. The lowest BCUT2D eigenvalue weighted by Crippen LogP contribution is -2.46. The van der Waals surface area contributed by atoms with E-state index in [2.05, 4.69) is 10.1 Å². The van der Waals surface area contributed by atoms with Crippen molar-refractivity contribution in [2.75, 3.05) is 46.3 Å². The van der Waals surface area contributed by atoms with Crippen LogP contribution in [0, 0.1) is 0 Å². The molecule has 3 heterocycles. The Morgan fingerprint density at radius 1 is 1.21 bits per heavy atom. The van der Waals surface area contributed by atoms with E-state index in [1.807, 2.05) is 18.7 Å². The Labute approximate surface area is 203 Å². The number of ketones is 1. The molecule has 9 heteroatoms. The van der Waals surface area contributed by atoms with Gasteiger partial charge in [0.2, 0.25) is 0 Å². The highest BCUT2D eigenvalue weighted by atomic mass is 16.5. The second kappa shape index (κ2) is 10.5. The molecule has 0 atom stereocenters. The number of aryl methyl sites for hydroxylation is 2. The number of piperazine rings is 1. The maximum atomic E-state index is 13.2. The van der Waals surface area contributed by atoms with E-state index in [9.17, 15) is 9.59 Å². The van der Waals surface area contributed by atoms with Crippen LogP contribution >= 0.6 is 0 Å². The number of benzene rings is 1. The Kier molecular flexibility index (Phi) is 6.27. The van der Waals surface area contributed by atoms with Crippen LogP contribution in [-0.4, -0.2) is 81.6 Å². The van der Waals surface area contributed by atoms with Gasteiger partial charge < -0.3 is 14.6 Å². The van der Waals surface area contributed by atoms with E-state index in [1.54, 1.807) is 29.9 Å². The van der Waals surface area contributed by atoms with Gasteiger partial charge in [-0.05, 0) is 38.0 Å². The fourth-order valence-corrected chi connectivity index (χ4v) is 4.21. The third kappa shape index (κ3) is 5.05. The van der Waals surface area contributed by atoms with Crippen molar-refractivity contribution >= 4 is 16.8 Å². The quantitative estimate of drug-likeness (QED) is 0.481. The van der Waals surface area contributed by atoms with Crippen LogP contribution in [-0.2, 0) is 13.5 Å². The molecule has 0 amide bonds. The van der Waals surface area contributed by atoms with E-state index in [0.29, 0.717) is 72.9 Å². The summed E-state index contributed by atoms with van der Waals surface area (Å²) in [5, 5.41) is 4.48. The fourth-order valence-electron chi connectivity index (χ4n) is 4.21. The van der Waals surface area contributed by atoms with E-state index >= 15 is 0 Å². The molecular weight excluding hydrogens is 432 g/mol. The van der Waals surface area contributed by atoms with Gasteiger partial charge in [-0.3, -0.25) is 19.2 Å². The Balaban J connectivity index is 1.65. The van der Waals surface area contributed by atoms with Gasteiger partial charge in [-0.1, -0.05) is 20.3 Å². The van der Waals surface area contributed by atoms with Crippen LogP contribution in [0.5, 0.6) is 5.75 Å². The van der Waals surface area contributed by atoms with Crippen molar-refractivity contribution < 1.29 is 13.6 Å². The molecule has 1 saturated heterocycles. The summed E-state index contributed by atoms with van der Waals surface area (Å²) in [4.78, 5) is 37.2. The number of ether oxygens (including phenoxy) is 1. The molecule has 3 aromatic rings. The second-order valence-corrected chi connectivity index (χ2v) is 8.68. The zero-order chi connectivity index (χ0) is 26.7. The number of aromatic nitrogens is 4. The molecular formula is C25H34N6O3. The summed E-state index contributed by atoms with van der Waals surface area (Å²) in [6, 6.07) is 5.18. The van der Waals surface area contributed by atoms with Crippen LogP contribution in [0.1, 0.15) is 46.9 Å². The summed E-state index contributed by atoms with van der Waals surface area (Å²) >= 11 is 0. The highest BCUT2D eigenvalue weighted by molar-refractivity contribution is 5.99. The van der Waals surface area contributed by atoms with Crippen molar-refractivity contribution in [3.05, 3.63) is 39.8 Å². The number of likely N-dealkylation sites (N-methyl/N-ethyl adjacent to an activating group) is 1. The predicted octanol–water partition coefficient (Wildman–Crippen LogP) is 2.50. The first-order chi connectivity index (χ1) is 17.6. The number of nitrogens with one attached hydrogen (secondary N) is 1. The summed E-state index contributed by atoms with van der Waals surface area (Å²) in [6.45, 7) is 4.36. The zero-order valence-corrected chi connectivity index (χ0v) is 20.1. The number of hydrogen-bond donors (Lipinski definition) is 1. The summed E-state index contributed by atoms with van der Waals surface area (Å²) in [5.41, 5.74) is 2.42. The monoisotopic (exact) mass is 469 g/mol. The summed E-state index contributed by atoms with van der Waals surface area (Å²) in [6.07, 6.45) is 2.36. The Morgan fingerprint density at radius 3 is 2.71 bits per heavy atom. The van der Waals surface area contributed by atoms with Gasteiger partial charge in [0.15, 0.2) is 11.3 Å². The van der Waals surface area contributed by atoms with E-state index in [1.165, 1.54) is 4.90 Å². The van der Waals surface area contributed by atoms with Crippen LogP contribution < -0.4 is 10.3 Å². The van der Waals surface area contributed by atoms with Gasteiger partial charge >= 0.3 is 0 Å². The van der Waals surface area contributed by atoms with Crippen LogP contribution in [0.2, 0.25) is 0 Å². The number of carbonyl (C=O) groups excluding carboxylic acids is 1. The molecule has 1 N–H and O–H groups in total. The number of fused-ring (bicyclic) bond motifs is 1. The van der Waals surface area contributed by atoms with Gasteiger partial charge in [0, 0.05) is 42.9 Å². The molecule has 9 nitrogen and oxygen atoms in total. The third-order valence-electron chi connectivity index (χ3n) is 6.01. The Bertz CT molecular complexity index is 1330. The number of Topliss-reactive ketones (excluding diaryl/α,β-unsaturated/α-hetero) is 1. The van der Waals surface area contributed by atoms with E-state index < -0.39 is 6.98 Å². The SMILES string of the molecule is [2H]C([2H])([2H])N1CCN(CC(=O)c2ccc(OCCC)c(-c3nc4c(CCC)nn(C)c4c(=O)[nH]3)c2)CC1. The standard InChI is InChI=1S/C25H34N6O3/c1-5-7-19-22-23(30(4)28-19)25(33)27-24(26-22)18-15-17(8-9-21(18)34-14-6-2)20(32)16-31-12-10-29(3)11-13-31/h8-9,15H,5-7,10-14,16H2,1-4H3,(H,26,27,33)/i3D3. The zero-order valence-electron chi connectivity index (χ0n) is 23.1. The van der Waals surface area contributed by atoms with Gasteiger partial charge in [-0.15, -0.1) is 0 Å². The van der Waals surface area contributed by atoms with E-state index in [4.69, 9.17) is 13.8 Å². The molecule has 0 bridgehead atoms. The Hall–Kier alpha value is -3.04. The first kappa shape index (κ1) is 20.3. The van der Waals surface area contributed by atoms with E-state index in [0.717, 1.165) is 18.5 Å². The molecule has 1 aliphatic heterocycles. The first-order valence-electron chi connectivity index (χ1n) is 13.4. The first-order valence-corrected chi connectivity index (χ1v) is 11.9. The molecule has 0 aliphatic carbocycles. The minimum absolute atomic E-state index is 0.0953. The molecule has 34 heavy (non-hydrogen) atoms. The van der Waals surface area contributed by atoms with Crippen LogP contribution in [0.25, 0.3) is 22.4 Å². The van der Waals surface area contributed by atoms with Gasteiger partial charge in [0.1, 0.15) is 17.1 Å². The maximum absolute atomic E-state index is 13.2. The molecule has 0 spiro atoms. The summed E-state index contributed by atoms with van der Waals surface area (Å²) in [5.74, 6) is 0.769. The van der Waals surface area contributed by atoms with Crippen LogP contribution in [0.15, 0.2) is 23.0 Å². The van der Waals surface area contributed by atoms with Gasteiger partial charge in [-0.2, -0.15) is 5.10 Å². The highest BCUT2D eigenvalue weighted by Crippen LogP contribution is 2.30. The average Bonchev–Trinajstić information content (AvgIpc) is 3.18. The van der Waals surface area contributed by atoms with Crippen molar-refractivity contribution in [2.45, 2.75) is 33.1 Å². The number of hydrogen-bond acceptors (Lipinski definition) is 7. The van der Waals surface area contributed by atoms with Crippen molar-refractivity contribution in [3.63, 3.8) is 0 Å². The highest BCUT2D eigenvalue weighted by Gasteiger charge is 2.21. The molecule has 1 aromatic carbocycles. The Morgan fingerprint density at radius 2 is 2.00 bits per heavy atom. The topological polar surface area (TPSA) is 96.3 Å². The van der Waals surface area contributed by atoms with E-state index in [-0.39, 0.29) is 17.9 Å². The molecule has 2 aromatic heterocycles. The van der Waals surface area contributed by atoms with Gasteiger partial charge in [0.05, 0.1) is 24.4 Å². The molecule has 4 rings (SSSR count). The lowest BCUT2D eigenvalue weighted by molar-refractivity contribution is 0.0876. The largest absolute Gasteiger partial charge is 0.493 e. The molecule has 0 unspecified atom stereocenters. The van der Waals surface area contributed by atoms with Crippen molar-refractivity contribution in [2.24, 2.45) is 7.05 Å². The van der Waals surface area contributed by atoms with Gasteiger partial charge in [-0.25, -0.2) is 4.98 Å². The van der Waals surface area contributed by atoms with Crippen molar-refractivity contribution in [3.8, 4) is 17.1 Å². The third-order valence-corrected chi connectivity index (χ3v) is 6.01. The average molecular weight is 470 g/mol. The second-order valence-electron chi connectivity index (χ2n) is 8.68. The number of H-pyrrole nitrogens is 1. The minimum Gasteiger partial charge on any atom is -0.493 e. The number of nitrogens with zero attached hydrogens (tertiary/aromatic N) is 5. The van der Waals surface area contributed by atoms with Gasteiger partial charge in [0.25, 0.3) is 5.56 Å². The molecule has 0 saturated carbocycles.